The molecule has 4 fully saturated rings. The molecule has 6 heteroatoms. The largest absolute Gasteiger partial charge is 0.381 e. The smallest absolute Gasteiger partial charge is 0.229 e. The number of hydrogen-bond donors (Lipinski definition) is 1. The maximum absolute atomic E-state index is 13.9. The van der Waals surface area contributed by atoms with Gasteiger partial charge in [0.15, 0.2) is 0 Å². The highest BCUT2D eigenvalue weighted by atomic mass is 16.5. The van der Waals surface area contributed by atoms with Crippen LogP contribution >= 0.6 is 0 Å². The lowest BCUT2D eigenvalue weighted by Gasteiger charge is -2.42. The number of nitrogens with one attached hydrogen (secondary N) is 1. The Bertz CT molecular complexity index is 667. The van der Waals surface area contributed by atoms with Gasteiger partial charge < -0.3 is 19.9 Å². The van der Waals surface area contributed by atoms with Gasteiger partial charge in [0, 0.05) is 43.8 Å². The van der Waals surface area contributed by atoms with E-state index in [1.807, 2.05) is 25.7 Å². The first-order valence-corrected chi connectivity index (χ1v) is 12.1. The monoisotopic (exact) mass is 419 g/mol. The second-order valence-electron chi connectivity index (χ2n) is 11.5. The Morgan fingerprint density at radius 3 is 2.20 bits per heavy atom. The van der Waals surface area contributed by atoms with Gasteiger partial charge >= 0.3 is 0 Å². The van der Waals surface area contributed by atoms with E-state index in [1.54, 1.807) is 0 Å². The summed E-state index contributed by atoms with van der Waals surface area (Å²) in [6.07, 6.45) is 6.10. The van der Waals surface area contributed by atoms with Crippen LogP contribution in [0.5, 0.6) is 0 Å². The number of nitrogens with zero attached hydrogens (tertiary/aromatic N) is 2. The van der Waals surface area contributed by atoms with Gasteiger partial charge in [-0.1, -0.05) is 34.6 Å². The summed E-state index contributed by atoms with van der Waals surface area (Å²) in [6, 6.07) is 1.36. The molecule has 1 aliphatic carbocycles. The van der Waals surface area contributed by atoms with Crippen LogP contribution in [0, 0.1) is 16.7 Å². The molecule has 0 aromatic rings. The molecule has 4 aliphatic rings. The zero-order valence-electron chi connectivity index (χ0n) is 19.6. The Labute approximate surface area is 182 Å². The van der Waals surface area contributed by atoms with Gasteiger partial charge in [-0.2, -0.15) is 0 Å². The van der Waals surface area contributed by atoms with Gasteiger partial charge in [-0.15, -0.1) is 0 Å². The Morgan fingerprint density at radius 1 is 1.00 bits per heavy atom. The minimum Gasteiger partial charge on any atom is -0.381 e. The van der Waals surface area contributed by atoms with E-state index in [9.17, 15) is 9.59 Å². The molecule has 3 heterocycles. The van der Waals surface area contributed by atoms with Gasteiger partial charge in [-0.3, -0.25) is 9.59 Å². The van der Waals surface area contributed by atoms with Crippen molar-refractivity contribution in [1.29, 1.82) is 0 Å². The fourth-order valence-electron chi connectivity index (χ4n) is 6.26. The quantitative estimate of drug-likeness (QED) is 0.761. The molecule has 0 spiro atoms. The molecule has 0 aromatic heterocycles. The highest BCUT2D eigenvalue weighted by molar-refractivity contribution is 5.86. The lowest BCUT2D eigenvalue weighted by atomic mass is 9.74. The first-order valence-electron chi connectivity index (χ1n) is 12.1. The summed E-state index contributed by atoms with van der Waals surface area (Å²) >= 11 is 0. The van der Waals surface area contributed by atoms with E-state index in [1.165, 1.54) is 0 Å². The molecule has 2 bridgehead atoms. The van der Waals surface area contributed by atoms with Crippen molar-refractivity contribution in [2.75, 3.05) is 26.3 Å². The summed E-state index contributed by atoms with van der Waals surface area (Å²) < 4.78 is 5.49. The predicted octanol–water partition coefficient (Wildman–Crippen LogP) is 2.81. The maximum Gasteiger partial charge on any atom is 0.229 e. The summed E-state index contributed by atoms with van der Waals surface area (Å²) in [5.74, 6) is 0.907. The Kier molecular flexibility index (Phi) is 5.95. The van der Waals surface area contributed by atoms with Crippen molar-refractivity contribution in [3.63, 3.8) is 0 Å². The van der Waals surface area contributed by atoms with Gasteiger partial charge in [0.1, 0.15) is 0 Å². The van der Waals surface area contributed by atoms with Gasteiger partial charge in [-0.25, -0.2) is 0 Å². The molecule has 1 saturated carbocycles. The molecule has 30 heavy (non-hydrogen) atoms. The van der Waals surface area contributed by atoms with Gasteiger partial charge in [0.2, 0.25) is 11.8 Å². The van der Waals surface area contributed by atoms with Crippen LogP contribution in [0.3, 0.4) is 0 Å². The van der Waals surface area contributed by atoms with Crippen molar-refractivity contribution in [3.8, 4) is 0 Å². The van der Waals surface area contributed by atoms with Crippen molar-refractivity contribution in [2.24, 2.45) is 16.7 Å². The Hall–Kier alpha value is -1.14. The van der Waals surface area contributed by atoms with Crippen molar-refractivity contribution in [2.45, 2.75) is 97.3 Å². The lowest BCUT2D eigenvalue weighted by molar-refractivity contribution is -0.151. The number of carbonyl (C=O) groups excluding carboxylic acids is 2. The molecule has 2 amide bonds. The SMILES string of the molecule is CC(C)[C@]1(C(=O)N2C[C@@H]3C[C@H]2CN3C(=O)C(C)(C)C)CC[C@@H](NC2CCOCC2)C1. The molecular weight excluding hydrogens is 378 g/mol. The fraction of sp³-hybridized carbons (Fsp3) is 0.917. The number of fused-ring (bicyclic) bond motifs is 2. The number of ether oxygens (including phenoxy) is 1. The van der Waals surface area contributed by atoms with Crippen molar-refractivity contribution < 1.29 is 14.3 Å². The third kappa shape index (κ3) is 3.90. The van der Waals surface area contributed by atoms with E-state index in [2.05, 4.69) is 24.1 Å². The lowest BCUT2D eigenvalue weighted by Crippen LogP contribution is -2.56. The summed E-state index contributed by atoms with van der Waals surface area (Å²) in [5.41, 5.74) is -0.612. The standard InChI is InChI=1S/C24H41N3O3/c1-16(2)24(9-6-18(13-24)25-17-7-10-30-11-8-17)22(29)27-15-19-12-20(27)14-26(19)21(28)23(3,4)5/h16-20,25H,6-15H2,1-5H3/t18-,19+,20+,24+/m1/s1. The number of amides is 2. The van der Waals surface area contributed by atoms with Crippen LogP contribution in [0.25, 0.3) is 0 Å². The number of carbonyl (C=O) groups is 2. The van der Waals surface area contributed by atoms with Crippen molar-refractivity contribution in [1.82, 2.24) is 15.1 Å². The van der Waals surface area contributed by atoms with Crippen molar-refractivity contribution in [3.05, 3.63) is 0 Å². The second kappa shape index (κ2) is 8.09. The minimum atomic E-state index is -0.354. The number of likely N-dealkylation sites (tertiary alicyclic amines) is 2. The number of piperazine rings is 1. The molecule has 3 aliphatic heterocycles. The highest BCUT2D eigenvalue weighted by Gasteiger charge is 2.55. The summed E-state index contributed by atoms with van der Waals surface area (Å²) in [6.45, 7) is 13.5. The molecule has 0 aromatic carbocycles. The third-order valence-corrected chi connectivity index (χ3v) is 8.18. The predicted molar refractivity (Wildman–Crippen MR) is 117 cm³/mol. The average Bonchev–Trinajstić information content (AvgIpc) is 3.41. The third-order valence-electron chi connectivity index (χ3n) is 8.18. The van der Waals surface area contributed by atoms with Crippen LogP contribution in [0.2, 0.25) is 0 Å². The van der Waals surface area contributed by atoms with Crippen molar-refractivity contribution >= 4 is 11.8 Å². The fourth-order valence-corrected chi connectivity index (χ4v) is 6.26. The van der Waals surface area contributed by atoms with Gasteiger partial charge in [0.25, 0.3) is 0 Å². The molecule has 3 saturated heterocycles. The van der Waals surface area contributed by atoms with Crippen LogP contribution in [0.4, 0.5) is 0 Å². The second-order valence-corrected chi connectivity index (χ2v) is 11.5. The van der Waals surface area contributed by atoms with Gasteiger partial charge in [0.05, 0.1) is 17.5 Å². The van der Waals surface area contributed by atoms with E-state index < -0.39 is 0 Å². The molecule has 0 unspecified atom stereocenters. The van der Waals surface area contributed by atoms with E-state index in [-0.39, 0.29) is 28.8 Å². The molecule has 4 atom stereocenters. The summed E-state index contributed by atoms with van der Waals surface area (Å²) in [5, 5.41) is 3.84. The van der Waals surface area contributed by atoms with Crippen LogP contribution in [0.15, 0.2) is 0 Å². The Balaban J connectivity index is 1.41. The summed E-state index contributed by atoms with van der Waals surface area (Å²) in [4.78, 5) is 30.9. The Morgan fingerprint density at radius 2 is 1.63 bits per heavy atom. The van der Waals surface area contributed by atoms with Crippen LogP contribution in [-0.4, -0.2) is 72.1 Å². The maximum atomic E-state index is 13.9. The zero-order valence-corrected chi connectivity index (χ0v) is 19.6. The average molecular weight is 420 g/mol. The molecule has 170 valence electrons. The van der Waals surface area contributed by atoms with E-state index >= 15 is 0 Å². The van der Waals surface area contributed by atoms with E-state index in [0.717, 1.165) is 58.3 Å². The van der Waals surface area contributed by atoms with Crippen LogP contribution < -0.4 is 5.32 Å². The molecular formula is C24H41N3O3. The first kappa shape index (κ1) is 22.1. The number of hydrogen-bond acceptors (Lipinski definition) is 4. The normalized spacial score (nSPS) is 34.9. The zero-order chi connectivity index (χ0) is 21.7. The molecule has 0 radical (unpaired) electrons. The highest BCUT2D eigenvalue weighted by Crippen LogP contribution is 2.48. The van der Waals surface area contributed by atoms with Crippen LogP contribution in [-0.2, 0) is 14.3 Å². The van der Waals surface area contributed by atoms with Gasteiger partial charge in [-0.05, 0) is 44.4 Å². The summed E-state index contributed by atoms with van der Waals surface area (Å²) in [7, 11) is 0. The topological polar surface area (TPSA) is 61.9 Å². The number of rotatable bonds is 4. The van der Waals surface area contributed by atoms with Crippen LogP contribution in [0.1, 0.15) is 73.1 Å². The molecule has 1 N–H and O–H groups in total. The molecule has 6 nitrogen and oxygen atoms in total. The minimum absolute atomic E-state index is 0.201. The first-order chi connectivity index (χ1) is 14.1. The van der Waals surface area contributed by atoms with E-state index in [4.69, 9.17) is 4.74 Å². The van der Waals surface area contributed by atoms with E-state index in [0.29, 0.717) is 30.5 Å². The molecule has 4 rings (SSSR count).